The quantitative estimate of drug-likeness (QED) is 0.543. The molecule has 0 saturated heterocycles. The maximum absolute atomic E-state index is 13.1. The van der Waals surface area contributed by atoms with Crippen LogP contribution in [0, 0.1) is 5.92 Å². The van der Waals surface area contributed by atoms with Gasteiger partial charge in [0, 0.05) is 4.88 Å². The molecule has 0 fully saturated rings. The van der Waals surface area contributed by atoms with Gasteiger partial charge in [-0.25, -0.2) is 4.79 Å². The molecule has 0 spiro atoms. The van der Waals surface area contributed by atoms with E-state index < -0.39 is 0 Å². The summed E-state index contributed by atoms with van der Waals surface area (Å²) in [5, 5.41) is 3.74. The minimum absolute atomic E-state index is 0.0621. The van der Waals surface area contributed by atoms with Crippen LogP contribution in [0.5, 0.6) is 0 Å². The molecule has 156 valence electrons. The molecule has 0 unspecified atom stereocenters. The summed E-state index contributed by atoms with van der Waals surface area (Å²) in [7, 11) is 0. The Morgan fingerprint density at radius 2 is 1.97 bits per heavy atom. The fourth-order valence-corrected chi connectivity index (χ4v) is 5.63. The van der Waals surface area contributed by atoms with E-state index in [9.17, 15) is 9.59 Å². The molecular weight excluding hydrogens is 382 g/mol. The van der Waals surface area contributed by atoms with Crippen molar-refractivity contribution in [2.75, 3.05) is 11.9 Å². The highest BCUT2D eigenvalue weighted by molar-refractivity contribution is 7.17. The molecule has 0 aliphatic heterocycles. The van der Waals surface area contributed by atoms with Crippen LogP contribution >= 0.6 is 11.3 Å². The van der Waals surface area contributed by atoms with Crippen molar-refractivity contribution >= 4 is 28.2 Å². The van der Waals surface area contributed by atoms with E-state index in [1.807, 2.05) is 44.2 Å². The van der Waals surface area contributed by atoms with Crippen molar-refractivity contribution in [3.05, 3.63) is 51.9 Å². The van der Waals surface area contributed by atoms with Gasteiger partial charge in [-0.1, -0.05) is 57.0 Å². The second kappa shape index (κ2) is 10.1. The Bertz CT molecular complexity index is 843. The molecule has 29 heavy (non-hydrogen) atoms. The molecular formula is C24H31NO3S. The summed E-state index contributed by atoms with van der Waals surface area (Å²) in [6.07, 6.45) is 6.06. The second-order valence-electron chi connectivity index (χ2n) is 7.69. The van der Waals surface area contributed by atoms with Crippen molar-refractivity contribution in [2.45, 2.75) is 65.2 Å². The average molecular weight is 414 g/mol. The zero-order chi connectivity index (χ0) is 20.8. The van der Waals surface area contributed by atoms with Gasteiger partial charge in [0.15, 0.2) is 0 Å². The van der Waals surface area contributed by atoms with Gasteiger partial charge in [0.1, 0.15) is 5.00 Å². The van der Waals surface area contributed by atoms with Gasteiger partial charge < -0.3 is 10.1 Å². The van der Waals surface area contributed by atoms with Crippen LogP contribution in [0.3, 0.4) is 0 Å². The molecule has 1 aromatic carbocycles. The number of carbonyl (C=O) groups excluding carboxylic acids is 2. The lowest BCUT2D eigenvalue weighted by Gasteiger charge is -2.22. The standard InChI is InChI=1S/C24H31NO3S/c1-4-10-16-13-14-19-20(15-16)29-23(21(19)24(27)28-6-3)25-22(26)18(5-2)17-11-8-7-9-12-17/h7-9,11-12,16,18H,4-6,10,13-15H2,1-3H3,(H,25,26)/t16-,18-/m1/s1. The third kappa shape index (κ3) is 4.89. The van der Waals surface area contributed by atoms with Crippen molar-refractivity contribution in [3.63, 3.8) is 0 Å². The number of ether oxygens (including phenoxy) is 1. The third-order valence-corrected chi connectivity index (χ3v) is 6.88. The van der Waals surface area contributed by atoms with Gasteiger partial charge in [-0.2, -0.15) is 0 Å². The predicted molar refractivity (Wildman–Crippen MR) is 119 cm³/mol. The van der Waals surface area contributed by atoms with Crippen LogP contribution < -0.4 is 5.32 Å². The zero-order valence-corrected chi connectivity index (χ0v) is 18.4. The number of anilines is 1. The molecule has 1 aromatic heterocycles. The number of carbonyl (C=O) groups is 2. The first kappa shape index (κ1) is 21.6. The number of fused-ring (bicyclic) bond motifs is 1. The Morgan fingerprint density at radius 3 is 2.62 bits per heavy atom. The van der Waals surface area contributed by atoms with Gasteiger partial charge in [0.25, 0.3) is 0 Å². The van der Waals surface area contributed by atoms with Gasteiger partial charge in [0.05, 0.1) is 18.1 Å². The van der Waals surface area contributed by atoms with E-state index in [1.165, 1.54) is 17.7 Å². The molecule has 0 radical (unpaired) electrons. The van der Waals surface area contributed by atoms with E-state index in [-0.39, 0.29) is 17.8 Å². The van der Waals surface area contributed by atoms with Gasteiger partial charge in [-0.15, -0.1) is 11.3 Å². The summed E-state index contributed by atoms with van der Waals surface area (Å²) in [6.45, 7) is 6.37. The Balaban J connectivity index is 1.89. The van der Waals surface area contributed by atoms with Gasteiger partial charge >= 0.3 is 5.97 Å². The first-order chi connectivity index (χ1) is 14.1. The summed E-state index contributed by atoms with van der Waals surface area (Å²) in [4.78, 5) is 27.1. The van der Waals surface area contributed by atoms with Crippen molar-refractivity contribution in [1.29, 1.82) is 0 Å². The lowest BCUT2D eigenvalue weighted by Crippen LogP contribution is -2.22. The number of benzene rings is 1. The molecule has 5 heteroatoms. The first-order valence-corrected chi connectivity index (χ1v) is 11.6. The minimum atomic E-state index is -0.318. The van der Waals surface area contributed by atoms with Crippen LogP contribution in [-0.2, 0) is 22.4 Å². The highest BCUT2D eigenvalue weighted by Crippen LogP contribution is 2.41. The maximum atomic E-state index is 13.1. The molecule has 1 N–H and O–H groups in total. The van der Waals surface area contributed by atoms with Gasteiger partial charge in [0.2, 0.25) is 5.91 Å². The Hall–Kier alpha value is -2.14. The van der Waals surface area contributed by atoms with E-state index in [0.717, 1.165) is 30.4 Å². The zero-order valence-electron chi connectivity index (χ0n) is 17.6. The molecule has 0 saturated carbocycles. The topological polar surface area (TPSA) is 55.4 Å². The Labute approximate surface area is 177 Å². The van der Waals surface area contributed by atoms with E-state index >= 15 is 0 Å². The van der Waals surface area contributed by atoms with Crippen LogP contribution in [0.2, 0.25) is 0 Å². The molecule has 2 atom stereocenters. The molecule has 3 rings (SSSR count). The average Bonchev–Trinajstić information content (AvgIpc) is 3.07. The van der Waals surface area contributed by atoms with Crippen molar-refractivity contribution < 1.29 is 14.3 Å². The van der Waals surface area contributed by atoms with Gasteiger partial charge in [-0.05, 0) is 49.7 Å². The first-order valence-electron chi connectivity index (χ1n) is 10.8. The molecule has 2 aromatic rings. The summed E-state index contributed by atoms with van der Waals surface area (Å²) in [5.74, 6) is 0.0469. The van der Waals surface area contributed by atoms with Crippen LogP contribution in [0.15, 0.2) is 30.3 Å². The summed E-state index contributed by atoms with van der Waals surface area (Å²) < 4.78 is 5.34. The van der Waals surface area contributed by atoms with Crippen molar-refractivity contribution in [1.82, 2.24) is 0 Å². The number of hydrogen-bond acceptors (Lipinski definition) is 4. The Morgan fingerprint density at radius 1 is 1.21 bits per heavy atom. The lowest BCUT2D eigenvalue weighted by molar-refractivity contribution is -0.117. The monoisotopic (exact) mass is 413 g/mol. The van der Waals surface area contributed by atoms with E-state index in [0.29, 0.717) is 29.5 Å². The molecule has 1 heterocycles. The summed E-state index contributed by atoms with van der Waals surface area (Å²) in [6, 6.07) is 9.82. The SMILES string of the molecule is CCC[C@@H]1CCc2c(sc(NC(=O)[C@H](CC)c3ccccc3)c2C(=O)OCC)C1. The number of amides is 1. The number of rotatable bonds is 8. The molecule has 1 aliphatic rings. The van der Waals surface area contributed by atoms with Crippen LogP contribution in [0.25, 0.3) is 0 Å². The molecule has 0 bridgehead atoms. The Kier molecular flexibility index (Phi) is 7.48. The minimum Gasteiger partial charge on any atom is -0.462 e. The number of nitrogens with one attached hydrogen (secondary N) is 1. The number of hydrogen-bond donors (Lipinski definition) is 1. The fraction of sp³-hybridized carbons (Fsp3) is 0.500. The smallest absolute Gasteiger partial charge is 0.341 e. The van der Waals surface area contributed by atoms with E-state index in [2.05, 4.69) is 12.2 Å². The van der Waals surface area contributed by atoms with Gasteiger partial charge in [-0.3, -0.25) is 4.79 Å². The van der Waals surface area contributed by atoms with Crippen molar-refractivity contribution in [2.24, 2.45) is 5.92 Å². The molecule has 4 nitrogen and oxygen atoms in total. The normalized spacial score (nSPS) is 16.7. The van der Waals surface area contributed by atoms with Crippen LogP contribution in [0.4, 0.5) is 5.00 Å². The fourth-order valence-electron chi connectivity index (χ4n) is 4.27. The second-order valence-corrected chi connectivity index (χ2v) is 8.79. The number of thiophene rings is 1. The predicted octanol–water partition coefficient (Wildman–Crippen LogP) is 5.96. The maximum Gasteiger partial charge on any atom is 0.341 e. The third-order valence-electron chi connectivity index (χ3n) is 5.71. The van der Waals surface area contributed by atoms with Crippen molar-refractivity contribution in [3.8, 4) is 0 Å². The largest absolute Gasteiger partial charge is 0.462 e. The lowest BCUT2D eigenvalue weighted by atomic mass is 9.84. The highest BCUT2D eigenvalue weighted by Gasteiger charge is 2.31. The molecule has 1 amide bonds. The van der Waals surface area contributed by atoms with E-state index in [4.69, 9.17) is 4.74 Å². The van der Waals surface area contributed by atoms with E-state index in [1.54, 1.807) is 11.3 Å². The molecule has 1 aliphatic carbocycles. The van der Waals surface area contributed by atoms with Crippen LogP contribution in [-0.4, -0.2) is 18.5 Å². The summed E-state index contributed by atoms with van der Waals surface area (Å²) in [5.41, 5.74) is 2.66. The van der Waals surface area contributed by atoms with Crippen LogP contribution in [0.1, 0.15) is 78.7 Å². The summed E-state index contributed by atoms with van der Waals surface area (Å²) >= 11 is 1.56. The highest BCUT2D eigenvalue weighted by atomic mass is 32.1. The number of esters is 1.